The third kappa shape index (κ3) is 4.53. The normalized spacial score (nSPS) is 17.3. The van der Waals surface area contributed by atoms with E-state index in [2.05, 4.69) is 22.1 Å². The zero-order chi connectivity index (χ0) is 13.1. The summed E-state index contributed by atoms with van der Waals surface area (Å²) in [6.45, 7) is 6.04. The van der Waals surface area contributed by atoms with E-state index < -0.39 is 0 Å². The summed E-state index contributed by atoms with van der Waals surface area (Å²) >= 11 is 11.9. The highest BCUT2D eigenvalue weighted by atomic mass is 35.5. The van der Waals surface area contributed by atoms with Crippen molar-refractivity contribution in [3.05, 3.63) is 33.8 Å². The zero-order valence-electron chi connectivity index (χ0n) is 11.0. The van der Waals surface area contributed by atoms with Crippen LogP contribution in [0.25, 0.3) is 0 Å². The predicted octanol–water partition coefficient (Wildman–Crippen LogP) is -0.0312. The molecule has 0 saturated carbocycles. The van der Waals surface area contributed by atoms with Crippen LogP contribution >= 0.6 is 23.2 Å². The maximum absolute atomic E-state index is 6.01. The number of likely N-dealkylation sites (N-methyl/N-ethyl adjacent to an activating group) is 1. The van der Waals surface area contributed by atoms with Crippen molar-refractivity contribution >= 4 is 28.9 Å². The monoisotopic (exact) mass is 320 g/mol. The van der Waals surface area contributed by atoms with Gasteiger partial charge in [-0.2, -0.15) is 5.10 Å². The van der Waals surface area contributed by atoms with Gasteiger partial charge in [0.25, 0.3) is 0 Å². The van der Waals surface area contributed by atoms with Crippen molar-refractivity contribution in [2.75, 3.05) is 33.2 Å². The Bertz CT molecular complexity index is 454. The number of nitrogens with zero attached hydrogens (tertiary/aromatic N) is 3. The molecule has 19 heavy (non-hydrogen) atoms. The van der Waals surface area contributed by atoms with Crippen molar-refractivity contribution in [3.8, 4) is 0 Å². The van der Waals surface area contributed by atoms with Crippen molar-refractivity contribution in [1.29, 1.82) is 0 Å². The van der Waals surface area contributed by atoms with Gasteiger partial charge in [0.05, 0.1) is 15.8 Å². The minimum Gasteiger partial charge on any atom is -1.00 e. The lowest BCUT2D eigenvalue weighted by Crippen LogP contribution is -3.00. The number of hydrogen-bond acceptors (Lipinski definition) is 3. The Labute approximate surface area is 130 Å². The molecule has 1 aliphatic heterocycles. The fraction of sp³-hybridized carbons (Fsp3) is 0.462. The third-order valence-electron chi connectivity index (χ3n) is 3.11. The maximum Gasteiger partial charge on any atom is 0.0647 e. The molecule has 3 nitrogen and oxygen atoms in total. The van der Waals surface area contributed by atoms with Gasteiger partial charge in [0.15, 0.2) is 0 Å². The Morgan fingerprint density at radius 2 is 1.74 bits per heavy atom. The van der Waals surface area contributed by atoms with Crippen LogP contribution in [-0.2, 0) is 0 Å². The molecule has 106 valence electrons. The molecule has 0 bridgehead atoms. The van der Waals surface area contributed by atoms with Gasteiger partial charge in [0, 0.05) is 26.2 Å². The van der Waals surface area contributed by atoms with Crippen molar-refractivity contribution in [3.63, 3.8) is 0 Å². The fourth-order valence-corrected chi connectivity index (χ4v) is 2.19. The smallest absolute Gasteiger partial charge is 0.0647 e. The average Bonchev–Trinajstić information content (AvgIpc) is 2.35. The molecule has 1 aromatic rings. The Hall–Kier alpha value is -0.480. The summed E-state index contributed by atoms with van der Waals surface area (Å²) < 4.78 is 0. The van der Waals surface area contributed by atoms with Crippen molar-refractivity contribution in [2.45, 2.75) is 6.92 Å². The molecule has 6 heteroatoms. The fourth-order valence-electron chi connectivity index (χ4n) is 1.89. The summed E-state index contributed by atoms with van der Waals surface area (Å²) in [6.07, 6.45) is 0. The lowest BCUT2D eigenvalue weighted by Gasteiger charge is -2.30. The van der Waals surface area contributed by atoms with Gasteiger partial charge < -0.3 is 17.3 Å². The van der Waals surface area contributed by atoms with Crippen molar-refractivity contribution in [1.82, 2.24) is 9.91 Å². The summed E-state index contributed by atoms with van der Waals surface area (Å²) in [6, 6.07) is 5.62. The van der Waals surface area contributed by atoms with E-state index in [-0.39, 0.29) is 12.4 Å². The van der Waals surface area contributed by atoms with Crippen LogP contribution in [0, 0.1) is 0 Å². The molecule has 0 aromatic heterocycles. The van der Waals surface area contributed by atoms with E-state index in [1.807, 2.05) is 25.1 Å². The van der Waals surface area contributed by atoms with Crippen LogP contribution in [0.2, 0.25) is 10.0 Å². The molecule has 0 unspecified atom stereocenters. The van der Waals surface area contributed by atoms with Crippen LogP contribution in [-0.4, -0.2) is 48.8 Å². The van der Waals surface area contributed by atoms with E-state index >= 15 is 0 Å². The van der Waals surface area contributed by atoms with E-state index in [0.717, 1.165) is 37.5 Å². The number of rotatable bonds is 2. The summed E-state index contributed by atoms with van der Waals surface area (Å²) in [4.78, 5) is 2.31. The van der Waals surface area contributed by atoms with Gasteiger partial charge in [-0.15, -0.1) is 0 Å². The minimum atomic E-state index is 0. The molecule has 0 spiro atoms. The summed E-state index contributed by atoms with van der Waals surface area (Å²) in [5, 5.41) is 7.89. The minimum absolute atomic E-state index is 0. The first kappa shape index (κ1) is 16.6. The largest absolute Gasteiger partial charge is 1.00 e. The Balaban J connectivity index is 0.00000180. The molecule has 0 amide bonds. The first-order valence-electron chi connectivity index (χ1n) is 6.00. The highest BCUT2D eigenvalue weighted by molar-refractivity contribution is 6.42. The van der Waals surface area contributed by atoms with Crippen molar-refractivity contribution < 1.29 is 12.4 Å². The second-order valence-corrected chi connectivity index (χ2v) is 5.39. The van der Waals surface area contributed by atoms with E-state index in [4.69, 9.17) is 23.2 Å². The van der Waals surface area contributed by atoms with E-state index in [9.17, 15) is 0 Å². The predicted molar refractivity (Wildman–Crippen MR) is 77.7 cm³/mol. The number of halogens is 3. The number of benzene rings is 1. The molecule has 1 heterocycles. The summed E-state index contributed by atoms with van der Waals surface area (Å²) in [5.74, 6) is 0. The Morgan fingerprint density at radius 3 is 2.32 bits per heavy atom. The van der Waals surface area contributed by atoms with Crippen LogP contribution in [0.4, 0.5) is 0 Å². The molecule has 0 radical (unpaired) electrons. The van der Waals surface area contributed by atoms with Crippen LogP contribution < -0.4 is 12.4 Å². The zero-order valence-corrected chi connectivity index (χ0v) is 13.3. The summed E-state index contributed by atoms with van der Waals surface area (Å²) in [7, 11) is 2.13. The van der Waals surface area contributed by atoms with Crippen LogP contribution in [0.15, 0.2) is 23.3 Å². The molecular formula is C13H17Cl3N3-. The number of hydrogen-bond donors (Lipinski definition) is 0. The standard InChI is InChI=1S/C13H17Cl2N3.ClH/c1-10(11-3-4-12(14)13(15)9-11)16-18-7-5-17(2)6-8-18;/h3-4,9H,5-8H2,1-2H3;1H/p-1. The van der Waals surface area contributed by atoms with Gasteiger partial charge in [0.2, 0.25) is 0 Å². The molecule has 0 atom stereocenters. The van der Waals surface area contributed by atoms with Gasteiger partial charge in [-0.05, 0) is 31.7 Å². The van der Waals surface area contributed by atoms with Crippen LogP contribution in [0.3, 0.4) is 0 Å². The van der Waals surface area contributed by atoms with Gasteiger partial charge in [-0.3, -0.25) is 5.01 Å². The molecule has 1 aromatic carbocycles. The average molecular weight is 322 g/mol. The molecule has 0 aliphatic carbocycles. The van der Waals surface area contributed by atoms with Crippen LogP contribution in [0.1, 0.15) is 12.5 Å². The van der Waals surface area contributed by atoms with E-state index in [1.54, 1.807) is 0 Å². The first-order valence-corrected chi connectivity index (χ1v) is 6.76. The topological polar surface area (TPSA) is 18.8 Å². The second kappa shape index (κ2) is 7.34. The van der Waals surface area contributed by atoms with E-state index in [1.165, 1.54) is 0 Å². The van der Waals surface area contributed by atoms with Gasteiger partial charge in [-0.25, -0.2) is 0 Å². The van der Waals surface area contributed by atoms with E-state index in [0.29, 0.717) is 10.0 Å². The highest BCUT2D eigenvalue weighted by Crippen LogP contribution is 2.23. The molecule has 0 N–H and O–H groups in total. The van der Waals surface area contributed by atoms with Crippen LogP contribution in [0.5, 0.6) is 0 Å². The lowest BCUT2D eigenvalue weighted by molar-refractivity contribution is -0.00000367. The Kier molecular flexibility index (Phi) is 6.40. The van der Waals surface area contributed by atoms with Gasteiger partial charge in [0.1, 0.15) is 0 Å². The number of piperazine rings is 1. The Morgan fingerprint density at radius 1 is 1.11 bits per heavy atom. The van der Waals surface area contributed by atoms with Gasteiger partial charge in [-0.1, -0.05) is 29.3 Å². The molecular weight excluding hydrogens is 305 g/mol. The quantitative estimate of drug-likeness (QED) is 0.713. The molecule has 1 fully saturated rings. The second-order valence-electron chi connectivity index (χ2n) is 4.57. The SMILES string of the molecule is CC(=NN1CCN(C)CC1)c1ccc(Cl)c(Cl)c1.[Cl-]. The van der Waals surface area contributed by atoms with Crippen molar-refractivity contribution in [2.24, 2.45) is 5.10 Å². The van der Waals surface area contributed by atoms with Gasteiger partial charge >= 0.3 is 0 Å². The number of hydrazone groups is 1. The maximum atomic E-state index is 6.01. The first-order chi connectivity index (χ1) is 8.56. The highest BCUT2D eigenvalue weighted by Gasteiger charge is 2.12. The third-order valence-corrected chi connectivity index (χ3v) is 3.85. The molecule has 2 rings (SSSR count). The molecule has 1 aliphatic rings. The lowest BCUT2D eigenvalue weighted by atomic mass is 10.1. The summed E-state index contributed by atoms with van der Waals surface area (Å²) in [5.41, 5.74) is 1.99. The molecule has 1 saturated heterocycles.